The summed E-state index contributed by atoms with van der Waals surface area (Å²) in [7, 11) is 0. The van der Waals surface area contributed by atoms with Crippen LogP contribution in [-0.4, -0.2) is 29.3 Å². The number of carbonyl (C=O) groups is 2. The number of carbonyl (C=O) groups excluding carboxylic acids is 2. The Bertz CT molecular complexity index is 719. The van der Waals surface area contributed by atoms with Gasteiger partial charge in [-0.3, -0.25) is 9.59 Å². The fraction of sp³-hybridized carbons (Fsp3) is 0.667. The Labute approximate surface area is 173 Å². The predicted molar refractivity (Wildman–Crippen MR) is 111 cm³/mol. The highest BCUT2D eigenvalue weighted by atomic mass is 16.5. The van der Waals surface area contributed by atoms with E-state index < -0.39 is 6.10 Å². The second kappa shape index (κ2) is 9.29. The van der Waals surface area contributed by atoms with E-state index in [2.05, 4.69) is 38.2 Å². The molecule has 0 spiro atoms. The Balaban J connectivity index is 1.76. The lowest BCUT2D eigenvalue weighted by molar-refractivity contribution is -0.160. The van der Waals surface area contributed by atoms with Crippen LogP contribution in [0.15, 0.2) is 35.6 Å². The zero-order valence-electron chi connectivity index (χ0n) is 18.0. The van der Waals surface area contributed by atoms with Crippen molar-refractivity contribution < 1.29 is 24.2 Å². The number of hydrogen-bond acceptors (Lipinski definition) is 5. The number of esters is 2. The van der Waals surface area contributed by atoms with Gasteiger partial charge in [-0.1, -0.05) is 45.9 Å². The fourth-order valence-electron chi connectivity index (χ4n) is 4.64. The molecular weight excluding hydrogens is 368 g/mol. The van der Waals surface area contributed by atoms with E-state index in [9.17, 15) is 14.7 Å². The summed E-state index contributed by atoms with van der Waals surface area (Å²) in [6, 6.07) is 0. The van der Waals surface area contributed by atoms with Gasteiger partial charge in [0.2, 0.25) is 0 Å². The molecule has 0 aromatic carbocycles. The van der Waals surface area contributed by atoms with Crippen molar-refractivity contribution in [3.05, 3.63) is 35.6 Å². The third-order valence-corrected chi connectivity index (χ3v) is 6.53. The quantitative estimate of drug-likeness (QED) is 0.670. The molecule has 1 saturated heterocycles. The number of fused-ring (bicyclic) bond motifs is 1. The van der Waals surface area contributed by atoms with E-state index in [0.29, 0.717) is 18.8 Å². The first-order valence-corrected chi connectivity index (χ1v) is 11.0. The fourth-order valence-corrected chi connectivity index (χ4v) is 4.64. The Morgan fingerprint density at radius 2 is 2.07 bits per heavy atom. The van der Waals surface area contributed by atoms with E-state index in [1.165, 1.54) is 5.57 Å². The summed E-state index contributed by atoms with van der Waals surface area (Å²) in [6.45, 7) is 8.18. The van der Waals surface area contributed by atoms with Gasteiger partial charge in [-0.15, -0.1) is 0 Å². The van der Waals surface area contributed by atoms with Crippen LogP contribution in [0.3, 0.4) is 0 Å². The second-order valence-corrected chi connectivity index (χ2v) is 8.97. The SMILES string of the molecule is CC[C@H](C)C(=O)OC1=C[C@@H](C)C=C2C=C[C@H](C)[C@H](CCC3CC(O)CC(=O)O3)[C@H]21. The van der Waals surface area contributed by atoms with E-state index >= 15 is 0 Å². The van der Waals surface area contributed by atoms with Crippen LogP contribution in [0.1, 0.15) is 59.8 Å². The molecule has 5 heteroatoms. The number of rotatable bonds is 6. The molecule has 2 aliphatic carbocycles. The van der Waals surface area contributed by atoms with Crippen molar-refractivity contribution >= 4 is 11.9 Å². The maximum absolute atomic E-state index is 12.5. The molecule has 0 bridgehead atoms. The average Bonchev–Trinajstić information content (AvgIpc) is 2.65. The molecule has 5 nitrogen and oxygen atoms in total. The summed E-state index contributed by atoms with van der Waals surface area (Å²) in [5.74, 6) is 0.990. The molecule has 2 unspecified atom stereocenters. The largest absolute Gasteiger partial charge is 0.462 e. The van der Waals surface area contributed by atoms with Crippen LogP contribution >= 0.6 is 0 Å². The van der Waals surface area contributed by atoms with Crippen LogP contribution in [0.2, 0.25) is 0 Å². The number of allylic oxidation sites excluding steroid dienone is 5. The van der Waals surface area contributed by atoms with Gasteiger partial charge in [-0.05, 0) is 48.7 Å². The molecule has 1 aliphatic heterocycles. The first kappa shape index (κ1) is 21.8. The monoisotopic (exact) mass is 402 g/mol. The van der Waals surface area contributed by atoms with Gasteiger partial charge in [0.15, 0.2) is 0 Å². The normalized spacial score (nSPS) is 35.1. The Hall–Kier alpha value is -1.88. The summed E-state index contributed by atoms with van der Waals surface area (Å²) in [6.07, 6.45) is 10.7. The predicted octanol–water partition coefficient (Wildman–Crippen LogP) is 4.32. The van der Waals surface area contributed by atoms with Gasteiger partial charge >= 0.3 is 11.9 Å². The minimum atomic E-state index is -0.608. The molecular formula is C24H34O5. The highest BCUT2D eigenvalue weighted by Gasteiger charge is 2.38. The number of cyclic esters (lactones) is 1. The van der Waals surface area contributed by atoms with Crippen molar-refractivity contribution in [1.29, 1.82) is 0 Å². The minimum absolute atomic E-state index is 0.0448. The number of aliphatic hydroxyl groups is 1. The van der Waals surface area contributed by atoms with Gasteiger partial charge in [-0.2, -0.15) is 0 Å². The third kappa shape index (κ3) is 5.19. The second-order valence-electron chi connectivity index (χ2n) is 8.97. The lowest BCUT2D eigenvalue weighted by Crippen LogP contribution is -2.35. The molecule has 0 aromatic heterocycles. The van der Waals surface area contributed by atoms with Crippen LogP contribution < -0.4 is 0 Å². The molecule has 0 radical (unpaired) electrons. The standard InChI is InChI=1S/C24H34O5/c1-5-15(3)24(27)29-21-11-14(2)10-17-7-6-16(4)20(23(17)21)9-8-19-12-18(25)13-22(26)28-19/h6-7,10-11,14-16,18-20,23,25H,5,8-9,12-13H2,1-4H3/t14-,15-,16-,18?,19?,20-,23-/m0/s1. The van der Waals surface area contributed by atoms with Crippen molar-refractivity contribution in [3.63, 3.8) is 0 Å². The number of hydrogen-bond donors (Lipinski definition) is 1. The van der Waals surface area contributed by atoms with E-state index in [0.717, 1.165) is 18.6 Å². The molecule has 1 heterocycles. The summed E-state index contributed by atoms with van der Waals surface area (Å²) < 4.78 is 11.4. The molecule has 1 N–H and O–H groups in total. The van der Waals surface area contributed by atoms with E-state index in [1.807, 2.05) is 13.8 Å². The molecule has 29 heavy (non-hydrogen) atoms. The molecule has 7 atom stereocenters. The maximum Gasteiger partial charge on any atom is 0.313 e. The average molecular weight is 403 g/mol. The van der Waals surface area contributed by atoms with Crippen molar-refractivity contribution in [3.8, 4) is 0 Å². The van der Waals surface area contributed by atoms with Gasteiger partial charge in [0.05, 0.1) is 18.4 Å². The summed E-state index contributed by atoms with van der Waals surface area (Å²) in [5, 5.41) is 9.88. The van der Waals surface area contributed by atoms with Gasteiger partial charge in [0.1, 0.15) is 11.9 Å². The van der Waals surface area contributed by atoms with Gasteiger partial charge in [0.25, 0.3) is 0 Å². The molecule has 0 aromatic rings. The van der Waals surface area contributed by atoms with E-state index in [4.69, 9.17) is 9.47 Å². The smallest absolute Gasteiger partial charge is 0.313 e. The van der Waals surface area contributed by atoms with Crippen LogP contribution in [0.4, 0.5) is 0 Å². The Morgan fingerprint density at radius 3 is 2.76 bits per heavy atom. The number of aliphatic hydroxyl groups excluding tert-OH is 1. The molecule has 160 valence electrons. The molecule has 3 aliphatic rings. The summed E-state index contributed by atoms with van der Waals surface area (Å²) in [4.78, 5) is 24.2. The van der Waals surface area contributed by atoms with E-state index in [1.54, 1.807) is 0 Å². The molecule has 0 saturated carbocycles. The highest BCUT2D eigenvalue weighted by Crippen LogP contribution is 2.45. The van der Waals surface area contributed by atoms with Crippen molar-refractivity contribution in [2.75, 3.05) is 0 Å². The number of ether oxygens (including phenoxy) is 2. The van der Waals surface area contributed by atoms with Crippen LogP contribution in [0.5, 0.6) is 0 Å². The minimum Gasteiger partial charge on any atom is -0.462 e. The lowest BCUT2D eigenvalue weighted by Gasteiger charge is -2.39. The van der Waals surface area contributed by atoms with E-state index in [-0.39, 0.29) is 48.1 Å². The topological polar surface area (TPSA) is 72.8 Å². The van der Waals surface area contributed by atoms with Crippen molar-refractivity contribution in [1.82, 2.24) is 0 Å². The van der Waals surface area contributed by atoms with Crippen molar-refractivity contribution in [2.24, 2.45) is 29.6 Å². The summed E-state index contributed by atoms with van der Waals surface area (Å²) >= 11 is 0. The van der Waals surface area contributed by atoms with Gasteiger partial charge < -0.3 is 14.6 Å². The Kier molecular flexibility index (Phi) is 6.99. The molecule has 3 rings (SSSR count). The molecule has 0 amide bonds. The van der Waals surface area contributed by atoms with Crippen LogP contribution in [0.25, 0.3) is 0 Å². The summed E-state index contributed by atoms with van der Waals surface area (Å²) in [5.41, 5.74) is 1.20. The van der Waals surface area contributed by atoms with Gasteiger partial charge in [-0.25, -0.2) is 0 Å². The maximum atomic E-state index is 12.5. The first-order chi connectivity index (χ1) is 13.8. The molecule has 1 fully saturated rings. The first-order valence-electron chi connectivity index (χ1n) is 11.0. The Morgan fingerprint density at radius 1 is 1.31 bits per heavy atom. The zero-order valence-corrected chi connectivity index (χ0v) is 18.0. The van der Waals surface area contributed by atoms with Crippen molar-refractivity contribution in [2.45, 2.75) is 72.0 Å². The lowest BCUT2D eigenvalue weighted by atomic mass is 9.68. The van der Waals surface area contributed by atoms with Crippen LogP contribution in [-0.2, 0) is 19.1 Å². The van der Waals surface area contributed by atoms with Crippen LogP contribution in [0, 0.1) is 29.6 Å². The van der Waals surface area contributed by atoms with Gasteiger partial charge in [0, 0.05) is 12.3 Å². The highest BCUT2D eigenvalue weighted by molar-refractivity contribution is 5.73. The third-order valence-electron chi connectivity index (χ3n) is 6.53. The zero-order chi connectivity index (χ0) is 21.1.